The Kier molecular flexibility index (Phi) is 3.85. The lowest BCUT2D eigenvalue weighted by molar-refractivity contribution is 0.666. The van der Waals surface area contributed by atoms with E-state index in [1.807, 2.05) is 0 Å². The second-order valence-corrected chi connectivity index (χ2v) is 10.4. The monoisotopic (exact) mass is 415 g/mol. The SMILES string of the molecule is C=C1c2[nH]c3ccc4c(c3c2/C=C\Cc2ccccc2C1(C)C)C(C)(C)c1ccccc1-4. The fraction of sp³-hybridized carbons (Fsp3) is 0.226. The average Bonchev–Trinajstić information content (AvgIpc) is 3.27. The average molecular weight is 416 g/mol. The minimum atomic E-state index is -0.167. The maximum Gasteiger partial charge on any atom is 0.0500 e. The summed E-state index contributed by atoms with van der Waals surface area (Å²) in [6.07, 6.45) is 5.59. The molecule has 0 amide bonds. The quantitative estimate of drug-likeness (QED) is 0.299. The zero-order chi connectivity index (χ0) is 22.3. The molecule has 3 aromatic carbocycles. The molecule has 0 spiro atoms. The molecule has 1 N–H and O–H groups in total. The van der Waals surface area contributed by atoms with Gasteiger partial charge in [0.25, 0.3) is 0 Å². The second-order valence-electron chi connectivity index (χ2n) is 10.4. The summed E-state index contributed by atoms with van der Waals surface area (Å²) in [5.41, 5.74) is 12.9. The van der Waals surface area contributed by atoms with Gasteiger partial charge in [-0.2, -0.15) is 0 Å². The molecule has 0 atom stereocenters. The summed E-state index contributed by atoms with van der Waals surface area (Å²) in [6, 6.07) is 22.2. The lowest BCUT2D eigenvalue weighted by atomic mass is 9.74. The highest BCUT2D eigenvalue weighted by atomic mass is 14.7. The van der Waals surface area contributed by atoms with Crippen LogP contribution in [-0.4, -0.2) is 4.98 Å². The van der Waals surface area contributed by atoms with Gasteiger partial charge in [0.05, 0.1) is 0 Å². The third-order valence-corrected chi connectivity index (χ3v) is 7.89. The predicted molar refractivity (Wildman–Crippen MR) is 137 cm³/mol. The largest absolute Gasteiger partial charge is 0.354 e. The van der Waals surface area contributed by atoms with E-state index in [0.29, 0.717) is 0 Å². The van der Waals surface area contributed by atoms with Crippen molar-refractivity contribution < 1.29 is 0 Å². The van der Waals surface area contributed by atoms with Gasteiger partial charge in [0.2, 0.25) is 0 Å². The summed E-state index contributed by atoms with van der Waals surface area (Å²) in [4.78, 5) is 3.79. The van der Waals surface area contributed by atoms with Gasteiger partial charge in [0, 0.05) is 33.0 Å². The molecular weight excluding hydrogens is 386 g/mol. The molecule has 1 nitrogen and oxygen atoms in total. The minimum absolute atomic E-state index is 0.0481. The molecule has 0 radical (unpaired) electrons. The molecule has 0 unspecified atom stereocenters. The number of benzene rings is 3. The molecule has 1 heteroatoms. The molecule has 4 aromatic rings. The Morgan fingerprint density at radius 2 is 1.50 bits per heavy atom. The first-order valence-corrected chi connectivity index (χ1v) is 11.6. The van der Waals surface area contributed by atoms with E-state index in [2.05, 4.69) is 112 Å². The zero-order valence-corrected chi connectivity index (χ0v) is 19.3. The van der Waals surface area contributed by atoms with Gasteiger partial charge in [-0.15, -0.1) is 0 Å². The van der Waals surface area contributed by atoms with Crippen LogP contribution >= 0.6 is 0 Å². The number of aromatic nitrogens is 1. The van der Waals surface area contributed by atoms with Crippen LogP contribution in [-0.2, 0) is 17.3 Å². The van der Waals surface area contributed by atoms with Crippen LogP contribution in [0.3, 0.4) is 0 Å². The van der Waals surface area contributed by atoms with Crippen LogP contribution in [0.1, 0.15) is 61.2 Å². The van der Waals surface area contributed by atoms with Crippen LogP contribution in [0.25, 0.3) is 33.7 Å². The zero-order valence-electron chi connectivity index (χ0n) is 19.3. The summed E-state index contributed by atoms with van der Waals surface area (Å²) in [5, 5.41) is 1.35. The number of aromatic amines is 1. The molecule has 0 saturated carbocycles. The highest BCUT2D eigenvalue weighted by Gasteiger charge is 2.39. The van der Waals surface area contributed by atoms with E-state index in [1.165, 1.54) is 49.8 Å². The summed E-state index contributed by atoms with van der Waals surface area (Å²) in [6.45, 7) is 14.0. The van der Waals surface area contributed by atoms with Gasteiger partial charge in [-0.05, 0) is 51.4 Å². The van der Waals surface area contributed by atoms with Crippen LogP contribution in [0.2, 0.25) is 0 Å². The van der Waals surface area contributed by atoms with E-state index in [0.717, 1.165) is 17.7 Å². The van der Waals surface area contributed by atoms with Gasteiger partial charge in [-0.3, -0.25) is 0 Å². The Hall–Kier alpha value is -3.32. The summed E-state index contributed by atoms with van der Waals surface area (Å²) in [7, 11) is 0. The molecule has 1 heterocycles. The topological polar surface area (TPSA) is 15.8 Å². The van der Waals surface area contributed by atoms with Gasteiger partial charge in [-0.25, -0.2) is 0 Å². The smallest absolute Gasteiger partial charge is 0.0500 e. The number of H-pyrrole nitrogens is 1. The lowest BCUT2D eigenvalue weighted by Gasteiger charge is -2.30. The fourth-order valence-electron chi connectivity index (χ4n) is 6.08. The van der Waals surface area contributed by atoms with E-state index in [-0.39, 0.29) is 10.8 Å². The van der Waals surface area contributed by atoms with Crippen LogP contribution in [0.15, 0.2) is 73.3 Å². The summed E-state index contributed by atoms with van der Waals surface area (Å²) >= 11 is 0. The van der Waals surface area contributed by atoms with Crippen LogP contribution in [0, 0.1) is 0 Å². The first kappa shape index (κ1) is 19.4. The van der Waals surface area contributed by atoms with Crippen molar-refractivity contribution in [2.45, 2.75) is 44.9 Å². The van der Waals surface area contributed by atoms with E-state index in [1.54, 1.807) is 0 Å². The first-order valence-electron chi connectivity index (χ1n) is 11.6. The van der Waals surface area contributed by atoms with Crippen molar-refractivity contribution >= 4 is 22.6 Å². The highest BCUT2D eigenvalue weighted by molar-refractivity contribution is 6.04. The Balaban J connectivity index is 1.68. The van der Waals surface area contributed by atoms with E-state index in [4.69, 9.17) is 0 Å². The van der Waals surface area contributed by atoms with Gasteiger partial charge in [0.15, 0.2) is 0 Å². The van der Waals surface area contributed by atoms with Crippen LogP contribution < -0.4 is 0 Å². The molecule has 32 heavy (non-hydrogen) atoms. The molecule has 1 aromatic heterocycles. The molecular formula is C31H29N. The normalized spacial score (nSPS) is 18.7. The van der Waals surface area contributed by atoms with E-state index >= 15 is 0 Å². The summed E-state index contributed by atoms with van der Waals surface area (Å²) in [5.74, 6) is 0. The maximum atomic E-state index is 4.65. The molecule has 2 aliphatic rings. The maximum absolute atomic E-state index is 4.65. The Labute approximate surface area is 190 Å². The van der Waals surface area contributed by atoms with E-state index < -0.39 is 0 Å². The third kappa shape index (κ3) is 2.40. The third-order valence-electron chi connectivity index (χ3n) is 7.89. The number of fused-ring (bicyclic) bond motifs is 8. The van der Waals surface area contributed by atoms with Gasteiger partial charge < -0.3 is 4.98 Å². The van der Waals surface area contributed by atoms with Crippen molar-refractivity contribution in [3.63, 3.8) is 0 Å². The van der Waals surface area contributed by atoms with Crippen molar-refractivity contribution in [2.24, 2.45) is 0 Å². The van der Waals surface area contributed by atoms with Crippen molar-refractivity contribution in [1.82, 2.24) is 4.98 Å². The van der Waals surface area contributed by atoms with Gasteiger partial charge >= 0.3 is 0 Å². The van der Waals surface area contributed by atoms with Crippen molar-refractivity contribution in [3.05, 3.63) is 107 Å². The second kappa shape index (κ2) is 6.36. The first-order chi connectivity index (χ1) is 15.3. The van der Waals surface area contributed by atoms with E-state index in [9.17, 15) is 0 Å². The molecule has 0 fully saturated rings. The van der Waals surface area contributed by atoms with Crippen LogP contribution in [0.4, 0.5) is 0 Å². The minimum Gasteiger partial charge on any atom is -0.354 e. The number of hydrogen-bond acceptors (Lipinski definition) is 0. The predicted octanol–water partition coefficient (Wildman–Crippen LogP) is 8.03. The number of hydrogen-bond donors (Lipinski definition) is 1. The molecule has 6 rings (SSSR count). The van der Waals surface area contributed by atoms with Crippen LogP contribution in [0.5, 0.6) is 0 Å². The van der Waals surface area contributed by atoms with Crippen molar-refractivity contribution in [3.8, 4) is 11.1 Å². The van der Waals surface area contributed by atoms with Gasteiger partial charge in [-0.1, -0.05) is 101 Å². The standard InChI is InChI=1S/C31H29N/c1-19-29-23(14-10-12-20-11-6-8-15-24(20)30(19,2)3)27-26(32-29)18-17-22-21-13-7-9-16-25(21)31(4,5)28(22)27/h6-11,13-18,32H,1,12H2,2-5H3/b14-10-. The highest BCUT2D eigenvalue weighted by Crippen LogP contribution is 2.53. The van der Waals surface area contributed by atoms with Crippen molar-refractivity contribution in [1.29, 1.82) is 0 Å². The fourth-order valence-corrected chi connectivity index (χ4v) is 6.08. The number of allylic oxidation sites excluding steroid dienone is 2. The Bertz CT molecular complexity index is 1460. The molecule has 0 aliphatic heterocycles. The van der Waals surface area contributed by atoms with Crippen molar-refractivity contribution in [2.75, 3.05) is 0 Å². The molecule has 2 aliphatic carbocycles. The van der Waals surface area contributed by atoms with Gasteiger partial charge in [0.1, 0.15) is 0 Å². The number of rotatable bonds is 0. The summed E-state index contributed by atoms with van der Waals surface area (Å²) < 4.78 is 0. The Morgan fingerprint density at radius 1 is 0.781 bits per heavy atom. The lowest BCUT2D eigenvalue weighted by Crippen LogP contribution is -2.21. The molecule has 0 bridgehead atoms. The molecule has 0 saturated heterocycles. The molecule has 158 valence electrons. The number of nitrogens with one attached hydrogen (secondary N) is 1. The Morgan fingerprint density at radius 3 is 2.31 bits per heavy atom.